The van der Waals surface area contributed by atoms with Crippen LogP contribution in [0, 0.1) is 0 Å². The Bertz CT molecular complexity index is 679. The molecule has 24 heavy (non-hydrogen) atoms. The Morgan fingerprint density at radius 3 is 2.58 bits per heavy atom. The lowest BCUT2D eigenvalue weighted by atomic mass is 10.1. The zero-order valence-electron chi connectivity index (χ0n) is 14.4. The van der Waals surface area contributed by atoms with Crippen LogP contribution in [-0.4, -0.2) is 61.0 Å². The number of amides is 1. The maximum absolute atomic E-state index is 12.5. The van der Waals surface area contributed by atoms with Crippen LogP contribution in [0.3, 0.4) is 0 Å². The molecule has 0 bridgehead atoms. The van der Waals surface area contributed by atoms with Crippen molar-refractivity contribution in [2.75, 3.05) is 45.2 Å². The Hall–Kier alpha value is -2.40. The van der Waals surface area contributed by atoms with Crippen molar-refractivity contribution < 1.29 is 4.79 Å². The van der Waals surface area contributed by atoms with Gasteiger partial charge in [0.05, 0.1) is 5.56 Å². The molecule has 0 N–H and O–H groups in total. The number of rotatable bonds is 4. The molecule has 0 atom stereocenters. The van der Waals surface area contributed by atoms with Gasteiger partial charge in [-0.1, -0.05) is 12.1 Å². The van der Waals surface area contributed by atoms with Crippen molar-refractivity contribution in [3.8, 4) is 0 Å². The minimum absolute atomic E-state index is 0.0732. The van der Waals surface area contributed by atoms with Crippen LogP contribution in [0.15, 0.2) is 48.8 Å². The van der Waals surface area contributed by atoms with E-state index in [1.807, 2.05) is 11.0 Å². The second-order valence-corrected chi connectivity index (χ2v) is 6.43. The summed E-state index contributed by atoms with van der Waals surface area (Å²) in [6, 6.07) is 12.3. The molecule has 0 spiro atoms. The maximum Gasteiger partial charge on any atom is 0.255 e. The largest absolute Gasteiger partial charge is 0.368 e. The Kier molecular flexibility index (Phi) is 5.11. The highest BCUT2D eigenvalue weighted by atomic mass is 16.2. The van der Waals surface area contributed by atoms with Gasteiger partial charge in [-0.05, 0) is 43.9 Å². The zero-order valence-corrected chi connectivity index (χ0v) is 14.4. The third-order valence-electron chi connectivity index (χ3n) is 4.25. The highest BCUT2D eigenvalue weighted by molar-refractivity contribution is 5.94. The van der Waals surface area contributed by atoms with Crippen molar-refractivity contribution in [1.82, 2.24) is 14.8 Å². The van der Waals surface area contributed by atoms with Crippen LogP contribution in [0.5, 0.6) is 0 Å². The van der Waals surface area contributed by atoms with Crippen molar-refractivity contribution in [2.45, 2.75) is 6.54 Å². The first-order chi connectivity index (χ1) is 11.6. The van der Waals surface area contributed by atoms with Crippen LogP contribution in [0.25, 0.3) is 0 Å². The third kappa shape index (κ3) is 3.92. The topological polar surface area (TPSA) is 39.7 Å². The highest BCUT2D eigenvalue weighted by Gasteiger charge is 2.22. The molecule has 2 aromatic rings. The molecule has 1 aromatic heterocycles. The minimum atomic E-state index is 0.0732. The molecule has 126 valence electrons. The molecule has 3 rings (SSSR count). The summed E-state index contributed by atoms with van der Waals surface area (Å²) in [7, 11) is 4.16. The Labute approximate surface area is 143 Å². The Balaban J connectivity index is 1.62. The first-order valence-electron chi connectivity index (χ1n) is 8.31. The lowest BCUT2D eigenvalue weighted by Gasteiger charge is -2.36. The second-order valence-electron chi connectivity index (χ2n) is 6.43. The summed E-state index contributed by atoms with van der Waals surface area (Å²) >= 11 is 0. The van der Waals surface area contributed by atoms with Crippen LogP contribution >= 0.6 is 0 Å². The van der Waals surface area contributed by atoms with Crippen LogP contribution in [0.2, 0.25) is 0 Å². The van der Waals surface area contributed by atoms with Gasteiger partial charge in [-0.25, -0.2) is 0 Å². The molecule has 5 nitrogen and oxygen atoms in total. The van der Waals surface area contributed by atoms with Gasteiger partial charge in [0, 0.05) is 50.8 Å². The number of aromatic nitrogens is 1. The lowest BCUT2D eigenvalue weighted by Crippen LogP contribution is -2.48. The van der Waals surface area contributed by atoms with E-state index < -0.39 is 0 Å². The summed E-state index contributed by atoms with van der Waals surface area (Å²) < 4.78 is 0. The van der Waals surface area contributed by atoms with Gasteiger partial charge in [-0.2, -0.15) is 0 Å². The van der Waals surface area contributed by atoms with E-state index in [-0.39, 0.29) is 5.91 Å². The summed E-state index contributed by atoms with van der Waals surface area (Å²) in [4.78, 5) is 23.0. The number of benzene rings is 1. The van der Waals surface area contributed by atoms with E-state index in [1.54, 1.807) is 18.5 Å². The van der Waals surface area contributed by atoms with E-state index >= 15 is 0 Å². The van der Waals surface area contributed by atoms with Crippen molar-refractivity contribution in [3.05, 3.63) is 59.9 Å². The summed E-state index contributed by atoms with van der Waals surface area (Å²) in [6.07, 6.45) is 3.33. The number of piperazine rings is 1. The van der Waals surface area contributed by atoms with Crippen LogP contribution < -0.4 is 4.90 Å². The van der Waals surface area contributed by atoms with E-state index in [9.17, 15) is 4.79 Å². The average Bonchev–Trinajstić information content (AvgIpc) is 2.62. The maximum atomic E-state index is 12.5. The molecule has 1 saturated heterocycles. The van der Waals surface area contributed by atoms with Crippen LogP contribution in [0.4, 0.5) is 5.69 Å². The smallest absolute Gasteiger partial charge is 0.255 e. The predicted molar refractivity (Wildman–Crippen MR) is 96.2 cm³/mol. The van der Waals surface area contributed by atoms with Crippen molar-refractivity contribution in [1.29, 1.82) is 0 Å². The highest BCUT2D eigenvalue weighted by Crippen LogP contribution is 2.19. The molecule has 0 radical (unpaired) electrons. The molecule has 1 amide bonds. The second kappa shape index (κ2) is 7.45. The number of carbonyl (C=O) groups is 1. The number of anilines is 1. The summed E-state index contributed by atoms with van der Waals surface area (Å²) in [5.74, 6) is 0.0732. The van der Waals surface area contributed by atoms with Gasteiger partial charge in [-0.3, -0.25) is 9.78 Å². The molecule has 1 fully saturated rings. The molecular weight excluding hydrogens is 300 g/mol. The molecule has 1 aliphatic rings. The average molecular weight is 324 g/mol. The quantitative estimate of drug-likeness (QED) is 0.863. The molecule has 1 aromatic carbocycles. The summed E-state index contributed by atoms with van der Waals surface area (Å²) in [5, 5.41) is 0. The summed E-state index contributed by atoms with van der Waals surface area (Å²) in [6.45, 7) is 4.14. The van der Waals surface area contributed by atoms with Gasteiger partial charge in [0.15, 0.2) is 0 Å². The van der Waals surface area contributed by atoms with Crippen molar-refractivity contribution in [2.24, 2.45) is 0 Å². The fourth-order valence-electron chi connectivity index (χ4n) is 3.06. The molecule has 0 unspecified atom stereocenters. The number of carbonyl (C=O) groups excluding carboxylic acids is 1. The van der Waals surface area contributed by atoms with E-state index in [2.05, 4.69) is 53.1 Å². The summed E-state index contributed by atoms with van der Waals surface area (Å²) in [5.41, 5.74) is 3.22. The van der Waals surface area contributed by atoms with Crippen molar-refractivity contribution >= 4 is 11.6 Å². The van der Waals surface area contributed by atoms with Crippen LogP contribution in [0.1, 0.15) is 15.9 Å². The monoisotopic (exact) mass is 324 g/mol. The molecule has 5 heteroatoms. The van der Waals surface area contributed by atoms with Crippen molar-refractivity contribution in [3.63, 3.8) is 0 Å². The van der Waals surface area contributed by atoms with Gasteiger partial charge < -0.3 is 14.7 Å². The fraction of sp³-hybridized carbons (Fsp3) is 0.368. The normalized spacial score (nSPS) is 15.0. The minimum Gasteiger partial charge on any atom is -0.368 e. The van der Waals surface area contributed by atoms with Gasteiger partial charge in [0.2, 0.25) is 0 Å². The molecule has 0 saturated carbocycles. The van der Waals surface area contributed by atoms with Gasteiger partial charge in [0.25, 0.3) is 5.91 Å². The fourth-order valence-corrected chi connectivity index (χ4v) is 3.06. The number of nitrogens with zero attached hydrogens (tertiary/aromatic N) is 4. The van der Waals surface area contributed by atoms with Gasteiger partial charge >= 0.3 is 0 Å². The Morgan fingerprint density at radius 2 is 1.92 bits per heavy atom. The predicted octanol–water partition coefficient (Wildman–Crippen LogP) is 2.11. The molecular formula is C19H24N4O. The SMILES string of the molecule is CN(C)Cc1cccc(N2CCN(C(=O)c3cccnc3)CC2)c1. The number of pyridine rings is 1. The van der Waals surface area contributed by atoms with Gasteiger partial charge in [-0.15, -0.1) is 0 Å². The zero-order chi connectivity index (χ0) is 16.9. The third-order valence-corrected chi connectivity index (χ3v) is 4.25. The standard InChI is InChI=1S/C19H24N4O/c1-21(2)15-16-5-3-7-18(13-16)22-9-11-23(12-10-22)19(24)17-6-4-8-20-14-17/h3-8,13-14H,9-12,15H2,1-2H3. The van der Waals surface area contributed by atoms with Crippen LogP contribution in [-0.2, 0) is 6.54 Å². The Morgan fingerprint density at radius 1 is 1.12 bits per heavy atom. The molecule has 2 heterocycles. The first-order valence-corrected chi connectivity index (χ1v) is 8.31. The first kappa shape index (κ1) is 16.5. The van der Waals surface area contributed by atoms with E-state index in [1.165, 1.54) is 11.3 Å². The lowest BCUT2D eigenvalue weighted by molar-refractivity contribution is 0.0746. The van der Waals surface area contributed by atoms with Gasteiger partial charge in [0.1, 0.15) is 0 Å². The number of hydrogen-bond acceptors (Lipinski definition) is 4. The molecule has 0 aliphatic carbocycles. The number of hydrogen-bond donors (Lipinski definition) is 0. The van der Waals surface area contributed by atoms with E-state index in [0.717, 1.165) is 32.7 Å². The molecule has 1 aliphatic heterocycles. The van der Waals surface area contributed by atoms with E-state index in [0.29, 0.717) is 5.56 Å². The van der Waals surface area contributed by atoms with E-state index in [4.69, 9.17) is 0 Å².